The summed E-state index contributed by atoms with van der Waals surface area (Å²) in [5.41, 5.74) is 0. The quantitative estimate of drug-likeness (QED) is 0.325. The van der Waals surface area contributed by atoms with Crippen molar-refractivity contribution in [3.05, 3.63) is 29.7 Å². The zero-order valence-electron chi connectivity index (χ0n) is 5.06. The molecular formula is C6H5NO3. The molecule has 1 aromatic rings. The molecule has 0 radical (unpaired) electrons. The minimum atomic E-state index is 0.243. The Morgan fingerprint density at radius 2 is 2.50 bits per heavy atom. The van der Waals surface area contributed by atoms with Gasteiger partial charge in [-0.05, 0) is 6.07 Å². The molecule has 0 amide bonds. The van der Waals surface area contributed by atoms with Crippen LogP contribution in [0.4, 0.5) is 0 Å². The van der Waals surface area contributed by atoms with Crippen molar-refractivity contribution < 1.29 is 14.3 Å². The monoisotopic (exact) mass is 139 g/mol. The summed E-state index contributed by atoms with van der Waals surface area (Å²) < 4.78 is 4.94. The van der Waals surface area contributed by atoms with Crippen LogP contribution < -0.4 is 9.47 Å². The number of carbonyl (C=O) groups is 1. The first kappa shape index (κ1) is 6.54. The first-order valence-electron chi connectivity index (χ1n) is 2.62. The molecule has 0 saturated carbocycles. The molecule has 4 nitrogen and oxygen atoms in total. The molecule has 0 bridgehead atoms. The maximum absolute atomic E-state index is 10.5. The van der Waals surface area contributed by atoms with Crippen LogP contribution in [0, 0.1) is 5.21 Å². The van der Waals surface area contributed by atoms with Crippen LogP contribution in [0.1, 0.15) is 0 Å². The van der Waals surface area contributed by atoms with Crippen molar-refractivity contribution in [2.45, 2.75) is 0 Å². The van der Waals surface area contributed by atoms with E-state index in [0.717, 1.165) is 6.20 Å². The van der Waals surface area contributed by atoms with E-state index >= 15 is 0 Å². The van der Waals surface area contributed by atoms with Crippen LogP contribution in [0.5, 0.6) is 5.75 Å². The predicted octanol–water partition coefficient (Wildman–Crippen LogP) is -0.145. The first-order chi connectivity index (χ1) is 4.83. The second-order valence-corrected chi connectivity index (χ2v) is 1.61. The number of hydrogen-bond donors (Lipinski definition) is 0. The van der Waals surface area contributed by atoms with Gasteiger partial charge in [0.25, 0.3) is 6.47 Å². The average molecular weight is 139 g/mol. The molecule has 0 saturated heterocycles. The van der Waals surface area contributed by atoms with E-state index in [2.05, 4.69) is 4.74 Å². The maximum Gasteiger partial charge on any atom is 0.298 e. The van der Waals surface area contributed by atoms with E-state index in [9.17, 15) is 10.0 Å². The molecule has 0 N–H and O–H groups in total. The lowest BCUT2D eigenvalue weighted by atomic mass is 10.5. The zero-order chi connectivity index (χ0) is 7.40. The molecule has 0 fully saturated rings. The SMILES string of the molecule is O=COc1ccc[n+]([O-])c1. The highest BCUT2D eigenvalue weighted by atomic mass is 16.5. The maximum atomic E-state index is 10.5. The Bertz CT molecular complexity index is 236. The lowest BCUT2D eigenvalue weighted by Crippen LogP contribution is -2.23. The van der Waals surface area contributed by atoms with Gasteiger partial charge < -0.3 is 9.94 Å². The number of nitrogens with zero attached hydrogens (tertiary/aromatic N) is 1. The third kappa shape index (κ3) is 1.45. The van der Waals surface area contributed by atoms with E-state index in [4.69, 9.17) is 0 Å². The summed E-state index contributed by atoms with van der Waals surface area (Å²) in [5.74, 6) is 0.243. The Kier molecular flexibility index (Phi) is 1.84. The van der Waals surface area contributed by atoms with Gasteiger partial charge in [-0.15, -0.1) is 0 Å². The van der Waals surface area contributed by atoms with Gasteiger partial charge in [-0.1, -0.05) is 0 Å². The summed E-state index contributed by atoms with van der Waals surface area (Å²) in [6.45, 7) is 0.273. The fourth-order valence-electron chi connectivity index (χ4n) is 0.559. The summed E-state index contributed by atoms with van der Waals surface area (Å²) in [7, 11) is 0. The summed E-state index contributed by atoms with van der Waals surface area (Å²) in [5, 5.41) is 10.5. The molecule has 0 aliphatic heterocycles. The van der Waals surface area contributed by atoms with Gasteiger partial charge >= 0.3 is 0 Å². The third-order valence-electron chi connectivity index (χ3n) is 0.932. The van der Waals surface area contributed by atoms with Crippen molar-refractivity contribution in [3.8, 4) is 5.75 Å². The standard InChI is InChI=1S/C6H5NO3/c8-5-10-6-2-1-3-7(9)4-6/h1-5H. The molecular weight excluding hydrogens is 134 g/mol. The van der Waals surface area contributed by atoms with E-state index in [-0.39, 0.29) is 12.2 Å². The van der Waals surface area contributed by atoms with Crippen molar-refractivity contribution in [3.63, 3.8) is 0 Å². The largest absolute Gasteiger partial charge is 0.619 e. The molecule has 0 atom stereocenters. The molecule has 0 aromatic carbocycles. The van der Waals surface area contributed by atoms with Crippen molar-refractivity contribution in [1.29, 1.82) is 0 Å². The van der Waals surface area contributed by atoms with E-state index in [1.807, 2.05) is 0 Å². The molecule has 0 spiro atoms. The molecule has 52 valence electrons. The summed E-state index contributed by atoms with van der Waals surface area (Å²) in [6, 6.07) is 3.01. The van der Waals surface area contributed by atoms with Gasteiger partial charge in [0.1, 0.15) is 0 Å². The van der Waals surface area contributed by atoms with Gasteiger partial charge in [-0.3, -0.25) is 4.79 Å². The van der Waals surface area contributed by atoms with Gasteiger partial charge in [0.2, 0.25) is 6.20 Å². The third-order valence-corrected chi connectivity index (χ3v) is 0.932. The Morgan fingerprint density at radius 3 is 3.10 bits per heavy atom. The summed E-state index contributed by atoms with van der Waals surface area (Å²) in [4.78, 5) is 9.75. The van der Waals surface area contributed by atoms with E-state index in [1.165, 1.54) is 18.3 Å². The predicted molar refractivity (Wildman–Crippen MR) is 32.1 cm³/mol. The van der Waals surface area contributed by atoms with Crippen molar-refractivity contribution in [2.75, 3.05) is 0 Å². The Balaban J connectivity index is 2.84. The highest BCUT2D eigenvalue weighted by Gasteiger charge is 1.94. The fourth-order valence-corrected chi connectivity index (χ4v) is 0.559. The molecule has 4 heteroatoms. The van der Waals surface area contributed by atoms with Crippen LogP contribution in [0.15, 0.2) is 24.5 Å². The highest BCUT2D eigenvalue weighted by molar-refractivity contribution is 5.43. The number of ether oxygens (including phenoxy) is 1. The number of carbonyl (C=O) groups excluding carboxylic acids is 1. The molecule has 1 aromatic heterocycles. The second-order valence-electron chi connectivity index (χ2n) is 1.61. The Labute approximate surface area is 57.2 Å². The first-order valence-corrected chi connectivity index (χ1v) is 2.62. The minimum absolute atomic E-state index is 0.243. The lowest BCUT2D eigenvalue weighted by molar-refractivity contribution is -0.605. The zero-order valence-corrected chi connectivity index (χ0v) is 5.06. The summed E-state index contributed by atoms with van der Waals surface area (Å²) >= 11 is 0. The molecule has 0 unspecified atom stereocenters. The van der Waals surface area contributed by atoms with Gasteiger partial charge in [0.05, 0.1) is 0 Å². The number of pyridine rings is 1. The molecule has 1 rings (SSSR count). The van der Waals surface area contributed by atoms with Crippen LogP contribution in [-0.4, -0.2) is 6.47 Å². The molecule has 0 aliphatic carbocycles. The normalized spacial score (nSPS) is 8.80. The highest BCUT2D eigenvalue weighted by Crippen LogP contribution is 2.02. The lowest BCUT2D eigenvalue weighted by Gasteiger charge is -1.96. The summed E-state index contributed by atoms with van der Waals surface area (Å²) in [6.07, 6.45) is 2.46. The van der Waals surface area contributed by atoms with Gasteiger partial charge in [0, 0.05) is 6.07 Å². The van der Waals surface area contributed by atoms with Crippen LogP contribution in [0.25, 0.3) is 0 Å². The number of hydrogen-bond acceptors (Lipinski definition) is 3. The Hall–Kier alpha value is -1.58. The van der Waals surface area contributed by atoms with Gasteiger partial charge in [-0.25, -0.2) is 0 Å². The molecule has 0 aliphatic rings. The van der Waals surface area contributed by atoms with E-state index in [1.54, 1.807) is 0 Å². The van der Waals surface area contributed by atoms with Crippen LogP contribution in [0.3, 0.4) is 0 Å². The number of rotatable bonds is 2. The second kappa shape index (κ2) is 2.82. The van der Waals surface area contributed by atoms with Gasteiger partial charge in [-0.2, -0.15) is 4.73 Å². The van der Waals surface area contributed by atoms with Crippen LogP contribution in [0.2, 0.25) is 0 Å². The smallest absolute Gasteiger partial charge is 0.298 e. The van der Waals surface area contributed by atoms with Crippen molar-refractivity contribution in [1.82, 2.24) is 0 Å². The Morgan fingerprint density at radius 1 is 1.70 bits per heavy atom. The topological polar surface area (TPSA) is 53.2 Å². The minimum Gasteiger partial charge on any atom is -0.619 e. The van der Waals surface area contributed by atoms with Crippen LogP contribution in [-0.2, 0) is 4.79 Å². The van der Waals surface area contributed by atoms with Gasteiger partial charge in [0.15, 0.2) is 11.9 Å². The molecule has 10 heavy (non-hydrogen) atoms. The molecule has 1 heterocycles. The van der Waals surface area contributed by atoms with Crippen molar-refractivity contribution in [2.24, 2.45) is 0 Å². The van der Waals surface area contributed by atoms with Crippen LogP contribution >= 0.6 is 0 Å². The number of aromatic nitrogens is 1. The fraction of sp³-hybridized carbons (Fsp3) is 0. The van der Waals surface area contributed by atoms with E-state index in [0.29, 0.717) is 4.73 Å². The van der Waals surface area contributed by atoms with Crippen molar-refractivity contribution >= 4 is 6.47 Å². The van der Waals surface area contributed by atoms with E-state index < -0.39 is 0 Å². The average Bonchev–Trinajstić information content (AvgIpc) is 1.88.